The molecular weight excluding hydrogens is 583 g/mol. The molecule has 6 rings (SSSR count). The Morgan fingerprint density at radius 2 is 1.96 bits per heavy atom. The van der Waals surface area contributed by atoms with Gasteiger partial charge in [0.15, 0.2) is 12.0 Å². The number of likely N-dealkylation sites (tertiary alicyclic amines) is 1. The monoisotopic (exact) mass is 618 g/mol. The molecule has 0 bridgehead atoms. The van der Waals surface area contributed by atoms with Crippen LogP contribution < -0.4 is 19.7 Å². The number of piperazine rings is 1. The lowest BCUT2D eigenvalue weighted by Crippen LogP contribution is -2.56. The molecule has 0 spiro atoms. The van der Waals surface area contributed by atoms with Crippen molar-refractivity contribution >= 4 is 23.2 Å². The molecule has 3 fully saturated rings. The Bertz CT molecular complexity index is 1560. The number of benzene rings is 2. The summed E-state index contributed by atoms with van der Waals surface area (Å²) in [6.45, 7) is 4.83. The number of carbonyl (C=O) groups is 1. The summed E-state index contributed by atoms with van der Waals surface area (Å²) in [6.07, 6.45) is -0.660. The predicted octanol–water partition coefficient (Wildman–Crippen LogP) is 1.99. The fourth-order valence-corrected chi connectivity index (χ4v) is 5.77. The van der Waals surface area contributed by atoms with Gasteiger partial charge in [0, 0.05) is 56.5 Å². The van der Waals surface area contributed by atoms with E-state index in [1.165, 1.54) is 11.2 Å². The zero-order valence-corrected chi connectivity index (χ0v) is 24.9. The number of ether oxygens (including phenoxy) is 3. The summed E-state index contributed by atoms with van der Waals surface area (Å²) in [4.78, 5) is 30.9. The number of nitrogens with zero attached hydrogens (tertiary/aromatic N) is 7. The van der Waals surface area contributed by atoms with Crippen LogP contribution in [-0.4, -0.2) is 120 Å². The summed E-state index contributed by atoms with van der Waals surface area (Å²) >= 11 is 0. The van der Waals surface area contributed by atoms with Gasteiger partial charge in [0.05, 0.1) is 44.2 Å². The number of halogens is 1. The number of hydrogen-bond donors (Lipinski definition) is 2. The first-order valence-electron chi connectivity index (χ1n) is 14.9. The van der Waals surface area contributed by atoms with Gasteiger partial charge in [-0.15, -0.1) is 0 Å². The number of carbonyl (C=O) groups excluding carboxylic acids is 1. The van der Waals surface area contributed by atoms with E-state index >= 15 is 0 Å². The lowest BCUT2D eigenvalue weighted by molar-refractivity contribution is -0.138. The Morgan fingerprint density at radius 1 is 1.13 bits per heavy atom. The van der Waals surface area contributed by atoms with Crippen molar-refractivity contribution in [3.63, 3.8) is 0 Å². The van der Waals surface area contributed by atoms with Gasteiger partial charge in [-0.05, 0) is 30.3 Å². The second kappa shape index (κ2) is 13.6. The lowest BCUT2D eigenvalue weighted by atomic mass is 10.0. The molecule has 45 heavy (non-hydrogen) atoms. The van der Waals surface area contributed by atoms with Crippen molar-refractivity contribution in [2.24, 2.45) is 0 Å². The van der Waals surface area contributed by atoms with Crippen LogP contribution in [0, 0.1) is 11.3 Å². The van der Waals surface area contributed by atoms with Gasteiger partial charge in [-0.1, -0.05) is 0 Å². The Kier molecular flexibility index (Phi) is 9.20. The fraction of sp³-hybridized carbons (Fsp3) is 0.452. The number of anilines is 3. The molecule has 2 unspecified atom stereocenters. The molecule has 3 aliphatic heterocycles. The first kappa shape index (κ1) is 30.4. The maximum absolute atomic E-state index is 14.8. The lowest BCUT2D eigenvalue weighted by Gasteiger charge is -2.43. The Balaban J connectivity index is 1.12. The van der Waals surface area contributed by atoms with Gasteiger partial charge in [0.2, 0.25) is 11.9 Å². The highest BCUT2D eigenvalue weighted by Gasteiger charge is 2.33. The van der Waals surface area contributed by atoms with E-state index in [1.807, 2.05) is 18.2 Å². The molecular formula is C31H35FN8O5. The predicted molar refractivity (Wildman–Crippen MR) is 162 cm³/mol. The third-order valence-electron chi connectivity index (χ3n) is 8.41. The summed E-state index contributed by atoms with van der Waals surface area (Å²) in [5, 5.41) is 22.1. The fourth-order valence-electron chi connectivity index (χ4n) is 5.77. The van der Waals surface area contributed by atoms with Gasteiger partial charge in [-0.3, -0.25) is 9.69 Å². The first-order valence-corrected chi connectivity index (χ1v) is 14.9. The van der Waals surface area contributed by atoms with E-state index < -0.39 is 24.8 Å². The average molecular weight is 619 g/mol. The van der Waals surface area contributed by atoms with Crippen molar-refractivity contribution < 1.29 is 28.5 Å². The number of amides is 1. The van der Waals surface area contributed by atoms with E-state index in [9.17, 15) is 14.4 Å². The summed E-state index contributed by atoms with van der Waals surface area (Å²) < 4.78 is 31.7. The van der Waals surface area contributed by atoms with Crippen molar-refractivity contribution in [2.45, 2.75) is 24.7 Å². The molecule has 2 atom stereocenters. The number of aromatic nitrogens is 3. The number of piperidine rings is 1. The highest BCUT2D eigenvalue weighted by Crippen LogP contribution is 2.34. The SMILES string of the molecule is COc1cc(Nc2ncnc(-c3ccc(OC4CCN(C(=O)CO)CC4F)c(C#N)c3)n2)ccc1N1CCN(C2COC2)CC1. The zero-order valence-electron chi connectivity index (χ0n) is 24.9. The number of aliphatic hydroxyl groups is 1. The molecule has 14 heteroatoms. The summed E-state index contributed by atoms with van der Waals surface area (Å²) in [5.74, 6) is 1.10. The summed E-state index contributed by atoms with van der Waals surface area (Å²) in [7, 11) is 1.65. The van der Waals surface area contributed by atoms with Gasteiger partial charge in [0.1, 0.15) is 36.6 Å². The number of aliphatic hydroxyl groups excluding tert-OH is 1. The van der Waals surface area contributed by atoms with Crippen molar-refractivity contribution in [2.75, 3.05) is 76.4 Å². The molecule has 0 aliphatic carbocycles. The van der Waals surface area contributed by atoms with Crippen LogP contribution in [0.2, 0.25) is 0 Å². The molecule has 1 aromatic heterocycles. The summed E-state index contributed by atoms with van der Waals surface area (Å²) in [5.41, 5.74) is 2.53. The molecule has 2 N–H and O–H groups in total. The van der Waals surface area contributed by atoms with Crippen LogP contribution in [0.15, 0.2) is 42.7 Å². The molecule has 3 aromatic rings. The molecule has 13 nitrogen and oxygen atoms in total. The molecule has 236 valence electrons. The standard InChI is InChI=1S/C31H35FN8O5/c1-43-28-13-22(3-4-25(28)39-10-8-38(9-11-39)23-17-44-18-23)36-31-35-19-34-30(37-31)20-2-5-26(21(12-20)14-33)45-27-6-7-40(15-24(27)32)29(42)16-41/h2-5,12-13,19,23-24,27,41H,6-11,15-18H2,1H3,(H,34,35,36,37). The van der Waals surface area contributed by atoms with Crippen molar-refractivity contribution in [1.82, 2.24) is 24.8 Å². The molecule has 3 saturated heterocycles. The van der Waals surface area contributed by atoms with Crippen LogP contribution in [0.3, 0.4) is 0 Å². The molecule has 4 heterocycles. The largest absolute Gasteiger partial charge is 0.495 e. The van der Waals surface area contributed by atoms with Crippen molar-refractivity contribution in [1.29, 1.82) is 5.26 Å². The second-order valence-corrected chi connectivity index (χ2v) is 11.1. The number of nitrogens with one attached hydrogen (secondary N) is 1. The van der Waals surface area contributed by atoms with Gasteiger partial charge in [0.25, 0.3) is 0 Å². The van der Waals surface area contributed by atoms with Crippen LogP contribution >= 0.6 is 0 Å². The van der Waals surface area contributed by atoms with E-state index in [0.717, 1.165) is 56.5 Å². The van der Waals surface area contributed by atoms with Gasteiger partial charge in [-0.2, -0.15) is 10.2 Å². The number of nitriles is 1. The minimum atomic E-state index is -1.46. The van der Waals surface area contributed by atoms with Gasteiger partial charge in [-0.25, -0.2) is 14.4 Å². The Morgan fingerprint density at radius 3 is 2.64 bits per heavy atom. The molecule has 0 radical (unpaired) electrons. The maximum Gasteiger partial charge on any atom is 0.248 e. The number of methoxy groups -OCH3 is 1. The third-order valence-corrected chi connectivity index (χ3v) is 8.41. The van der Waals surface area contributed by atoms with E-state index in [1.54, 1.807) is 25.3 Å². The molecule has 1 amide bonds. The smallest absolute Gasteiger partial charge is 0.248 e. The van der Waals surface area contributed by atoms with Crippen LogP contribution in [0.25, 0.3) is 11.4 Å². The highest BCUT2D eigenvalue weighted by molar-refractivity contribution is 5.77. The topological polar surface area (TPSA) is 149 Å². The first-order chi connectivity index (χ1) is 21.9. The minimum Gasteiger partial charge on any atom is -0.495 e. The highest BCUT2D eigenvalue weighted by atomic mass is 19.1. The summed E-state index contributed by atoms with van der Waals surface area (Å²) in [6, 6.07) is 13.4. The number of rotatable bonds is 9. The maximum atomic E-state index is 14.8. The Hall–Kier alpha value is -4.58. The van der Waals surface area contributed by atoms with Crippen LogP contribution in [0.5, 0.6) is 11.5 Å². The van der Waals surface area contributed by atoms with E-state index in [-0.39, 0.29) is 30.8 Å². The zero-order chi connectivity index (χ0) is 31.3. The molecule has 3 aliphatic rings. The van der Waals surface area contributed by atoms with E-state index in [0.29, 0.717) is 23.4 Å². The quantitative estimate of drug-likeness (QED) is 0.361. The van der Waals surface area contributed by atoms with Crippen molar-refractivity contribution in [3.8, 4) is 29.0 Å². The van der Waals surface area contributed by atoms with E-state index in [4.69, 9.17) is 19.3 Å². The average Bonchev–Trinajstić information content (AvgIpc) is 3.05. The van der Waals surface area contributed by atoms with Crippen LogP contribution in [0.4, 0.5) is 21.7 Å². The molecule has 2 aromatic carbocycles. The molecule has 0 saturated carbocycles. The third kappa shape index (κ3) is 6.75. The minimum absolute atomic E-state index is 0.174. The number of hydrogen-bond acceptors (Lipinski definition) is 12. The van der Waals surface area contributed by atoms with Crippen molar-refractivity contribution in [3.05, 3.63) is 48.3 Å². The normalized spacial score (nSPS) is 20.7. The van der Waals surface area contributed by atoms with Crippen LogP contribution in [-0.2, 0) is 9.53 Å². The van der Waals surface area contributed by atoms with Gasteiger partial charge >= 0.3 is 0 Å². The van der Waals surface area contributed by atoms with Crippen LogP contribution in [0.1, 0.15) is 12.0 Å². The number of alkyl halides is 1. The Labute approximate surface area is 260 Å². The van der Waals surface area contributed by atoms with E-state index in [2.05, 4.69) is 36.1 Å². The second-order valence-electron chi connectivity index (χ2n) is 11.1. The van der Waals surface area contributed by atoms with Gasteiger partial charge < -0.3 is 34.4 Å².